The van der Waals surface area contributed by atoms with Gasteiger partial charge in [-0.25, -0.2) is 4.79 Å². The van der Waals surface area contributed by atoms with Crippen molar-refractivity contribution in [2.24, 2.45) is 0 Å². The highest BCUT2D eigenvalue weighted by molar-refractivity contribution is 5.79. The van der Waals surface area contributed by atoms with E-state index < -0.39 is 11.6 Å². The second-order valence-electron chi connectivity index (χ2n) is 9.24. The molecule has 2 aromatic carbocycles. The minimum Gasteiger partial charge on any atom is -0.478 e. The number of ether oxygens (including phenoxy) is 1. The Labute approximate surface area is 185 Å². The van der Waals surface area contributed by atoms with Crippen LogP contribution < -0.4 is 4.74 Å². The third-order valence-electron chi connectivity index (χ3n) is 5.99. The molecule has 1 heterocycles. The first-order chi connectivity index (χ1) is 14.7. The molecule has 1 saturated heterocycles. The van der Waals surface area contributed by atoms with Crippen LogP contribution in [0.3, 0.4) is 0 Å². The Hall–Kier alpha value is -2.82. The molecule has 1 aliphatic heterocycles. The molecule has 0 radical (unpaired) electrons. The van der Waals surface area contributed by atoms with Crippen LogP contribution in [0.25, 0.3) is 0 Å². The second-order valence-corrected chi connectivity index (χ2v) is 9.24. The molecule has 1 aliphatic rings. The van der Waals surface area contributed by atoms with E-state index in [9.17, 15) is 14.7 Å². The Bertz CT molecular complexity index is 917. The monoisotopic (exact) mass is 423 g/mol. The zero-order valence-electron chi connectivity index (χ0n) is 18.9. The maximum atomic E-state index is 12.9. The van der Waals surface area contributed by atoms with Crippen LogP contribution in [-0.4, -0.2) is 40.6 Å². The molecule has 1 unspecified atom stereocenters. The molecule has 0 aromatic heterocycles. The van der Waals surface area contributed by atoms with Crippen molar-refractivity contribution in [3.05, 3.63) is 65.2 Å². The summed E-state index contributed by atoms with van der Waals surface area (Å²) in [5.74, 6) is 0.389. The summed E-state index contributed by atoms with van der Waals surface area (Å²) in [7, 11) is 0. The lowest BCUT2D eigenvalue weighted by Gasteiger charge is -2.33. The Balaban J connectivity index is 1.65. The Morgan fingerprint density at radius 2 is 1.87 bits per heavy atom. The molecule has 5 nitrogen and oxygen atoms in total. The van der Waals surface area contributed by atoms with Crippen molar-refractivity contribution < 1.29 is 19.4 Å². The zero-order valence-corrected chi connectivity index (χ0v) is 18.9. The average molecular weight is 424 g/mol. The molecule has 0 bridgehead atoms. The van der Waals surface area contributed by atoms with Crippen LogP contribution in [0.1, 0.15) is 69.1 Å². The lowest BCUT2D eigenvalue weighted by Crippen LogP contribution is -2.40. The number of carbonyl (C=O) groups is 2. The van der Waals surface area contributed by atoms with Gasteiger partial charge in [-0.1, -0.05) is 50.2 Å². The van der Waals surface area contributed by atoms with E-state index in [2.05, 4.69) is 38.1 Å². The summed E-state index contributed by atoms with van der Waals surface area (Å²) in [6.07, 6.45) is 2.37. The highest BCUT2D eigenvalue weighted by Gasteiger charge is 2.30. The van der Waals surface area contributed by atoms with Crippen molar-refractivity contribution in [1.82, 2.24) is 4.90 Å². The van der Waals surface area contributed by atoms with Gasteiger partial charge in [0.15, 0.2) is 5.60 Å². The van der Waals surface area contributed by atoms with Crippen LogP contribution in [0.2, 0.25) is 0 Å². The largest absolute Gasteiger partial charge is 0.478 e. The highest BCUT2D eigenvalue weighted by atomic mass is 16.5. The molecule has 1 atom stereocenters. The summed E-state index contributed by atoms with van der Waals surface area (Å²) in [5.41, 5.74) is 2.11. The molecular formula is C26H33NO4. The third-order valence-corrected chi connectivity index (χ3v) is 5.99. The summed E-state index contributed by atoms with van der Waals surface area (Å²) in [6.45, 7) is 8.86. The van der Waals surface area contributed by atoms with Gasteiger partial charge in [0, 0.05) is 19.0 Å². The first kappa shape index (κ1) is 22.9. The molecule has 1 N–H and O–H groups in total. The quantitative estimate of drug-likeness (QED) is 0.680. The number of carboxylic acid groups (broad SMARTS) is 1. The lowest BCUT2D eigenvalue weighted by molar-refractivity contribution is -0.152. The average Bonchev–Trinajstić information content (AvgIpc) is 2.74. The van der Waals surface area contributed by atoms with E-state index >= 15 is 0 Å². The zero-order chi connectivity index (χ0) is 22.6. The fraction of sp³-hybridized carbons (Fsp3) is 0.462. The number of rotatable bonds is 7. The van der Waals surface area contributed by atoms with Gasteiger partial charge in [-0.2, -0.15) is 0 Å². The van der Waals surface area contributed by atoms with Crippen LogP contribution in [-0.2, 0) is 16.0 Å². The standard InChI is InChI=1S/C26H33NO4/c1-18(2)20-12-10-19(11-13-20)15-24(28)27-14-6-8-22(17-27)21-7-5-9-23(16-21)31-26(3,4)25(29)30/h5,7,9-13,16,18,22H,6,8,14-15,17H2,1-4H3,(H,29,30). The second kappa shape index (κ2) is 9.54. The molecule has 0 saturated carbocycles. The number of piperidine rings is 1. The van der Waals surface area contributed by atoms with E-state index in [-0.39, 0.29) is 11.8 Å². The number of hydrogen-bond donors (Lipinski definition) is 1. The molecule has 0 spiro atoms. The number of aliphatic carboxylic acids is 1. The Kier molecular flexibility index (Phi) is 7.04. The number of amides is 1. The molecule has 1 fully saturated rings. The van der Waals surface area contributed by atoms with Crippen molar-refractivity contribution in [2.75, 3.05) is 13.1 Å². The molecule has 5 heteroatoms. The van der Waals surface area contributed by atoms with Crippen molar-refractivity contribution in [3.63, 3.8) is 0 Å². The summed E-state index contributed by atoms with van der Waals surface area (Å²) >= 11 is 0. The van der Waals surface area contributed by atoms with Crippen molar-refractivity contribution in [2.45, 2.75) is 64.4 Å². The van der Waals surface area contributed by atoms with Gasteiger partial charge in [0.25, 0.3) is 0 Å². The Morgan fingerprint density at radius 1 is 1.16 bits per heavy atom. The Morgan fingerprint density at radius 3 is 2.52 bits per heavy atom. The predicted molar refractivity (Wildman–Crippen MR) is 122 cm³/mol. The molecule has 166 valence electrons. The number of nitrogens with zero attached hydrogens (tertiary/aromatic N) is 1. The van der Waals surface area contributed by atoms with E-state index in [1.807, 2.05) is 23.1 Å². The lowest BCUT2D eigenvalue weighted by atomic mass is 9.90. The van der Waals surface area contributed by atoms with Crippen LogP contribution >= 0.6 is 0 Å². The van der Waals surface area contributed by atoms with Crippen LogP contribution in [0, 0.1) is 0 Å². The van der Waals surface area contributed by atoms with E-state index in [1.54, 1.807) is 6.07 Å². The smallest absolute Gasteiger partial charge is 0.347 e. The van der Waals surface area contributed by atoms with E-state index in [1.165, 1.54) is 19.4 Å². The SMILES string of the molecule is CC(C)c1ccc(CC(=O)N2CCCC(c3cccc(OC(C)(C)C(=O)O)c3)C2)cc1. The molecule has 3 rings (SSSR count). The van der Waals surface area contributed by atoms with Gasteiger partial charge >= 0.3 is 5.97 Å². The van der Waals surface area contributed by atoms with E-state index in [0.717, 1.165) is 30.5 Å². The van der Waals surface area contributed by atoms with Gasteiger partial charge in [0.1, 0.15) is 5.75 Å². The number of carboxylic acids is 1. The first-order valence-electron chi connectivity index (χ1n) is 11.0. The van der Waals surface area contributed by atoms with Gasteiger partial charge in [-0.05, 0) is 61.4 Å². The number of carbonyl (C=O) groups excluding carboxylic acids is 1. The van der Waals surface area contributed by atoms with Crippen LogP contribution in [0.4, 0.5) is 0 Å². The number of benzene rings is 2. The minimum atomic E-state index is -1.29. The number of likely N-dealkylation sites (tertiary alicyclic amines) is 1. The topological polar surface area (TPSA) is 66.8 Å². The molecule has 1 amide bonds. The third kappa shape index (κ3) is 5.87. The van der Waals surface area contributed by atoms with Gasteiger partial charge in [0.05, 0.1) is 6.42 Å². The summed E-state index contributed by atoms with van der Waals surface area (Å²) < 4.78 is 5.69. The predicted octanol–water partition coefficient (Wildman–Crippen LogP) is 5.00. The summed E-state index contributed by atoms with van der Waals surface area (Å²) in [5, 5.41) is 9.31. The van der Waals surface area contributed by atoms with E-state index in [4.69, 9.17) is 4.74 Å². The van der Waals surface area contributed by atoms with E-state index in [0.29, 0.717) is 24.6 Å². The van der Waals surface area contributed by atoms with Crippen molar-refractivity contribution in [3.8, 4) is 5.75 Å². The summed E-state index contributed by atoms with van der Waals surface area (Å²) in [4.78, 5) is 26.2. The fourth-order valence-electron chi connectivity index (χ4n) is 3.95. The van der Waals surface area contributed by atoms with Crippen LogP contribution in [0.5, 0.6) is 5.75 Å². The van der Waals surface area contributed by atoms with Crippen LogP contribution in [0.15, 0.2) is 48.5 Å². The maximum Gasteiger partial charge on any atom is 0.347 e. The van der Waals surface area contributed by atoms with Gasteiger partial charge < -0.3 is 14.7 Å². The molecule has 2 aromatic rings. The molecular weight excluding hydrogens is 390 g/mol. The van der Waals surface area contributed by atoms with Crippen molar-refractivity contribution >= 4 is 11.9 Å². The maximum absolute atomic E-state index is 12.9. The van der Waals surface area contributed by atoms with Gasteiger partial charge in [0.2, 0.25) is 5.91 Å². The summed E-state index contributed by atoms with van der Waals surface area (Å²) in [6, 6.07) is 15.9. The normalized spacial score (nSPS) is 16.9. The molecule has 31 heavy (non-hydrogen) atoms. The van der Waals surface area contributed by atoms with Gasteiger partial charge in [-0.3, -0.25) is 4.79 Å². The number of hydrogen-bond acceptors (Lipinski definition) is 3. The van der Waals surface area contributed by atoms with Crippen molar-refractivity contribution in [1.29, 1.82) is 0 Å². The minimum absolute atomic E-state index is 0.154. The molecule has 0 aliphatic carbocycles. The highest BCUT2D eigenvalue weighted by Crippen LogP contribution is 2.30. The first-order valence-corrected chi connectivity index (χ1v) is 11.0. The van der Waals surface area contributed by atoms with Gasteiger partial charge in [-0.15, -0.1) is 0 Å². The fourth-order valence-corrected chi connectivity index (χ4v) is 3.95.